The number of aromatic nitrogens is 3. The molecular weight excluding hydrogens is 257 g/mol. The second-order valence-corrected chi connectivity index (χ2v) is 5.35. The van der Waals surface area contributed by atoms with Crippen LogP contribution < -0.4 is 5.73 Å². The van der Waals surface area contributed by atoms with Gasteiger partial charge in [-0.2, -0.15) is 13.2 Å². The standard InChI is InChI=1S/C12H19F3N4/c1-19-7-8(17-18-19)6-11(16)9-4-2-3-5-10(9)12(13,14)15/h7,9-11H,2-6,16H2,1H3. The summed E-state index contributed by atoms with van der Waals surface area (Å²) in [6.07, 6.45) is 0.110. The molecule has 0 aromatic carbocycles. The highest BCUT2D eigenvalue weighted by atomic mass is 19.4. The van der Waals surface area contributed by atoms with Gasteiger partial charge in [-0.15, -0.1) is 5.10 Å². The molecule has 0 aliphatic heterocycles. The smallest absolute Gasteiger partial charge is 0.327 e. The summed E-state index contributed by atoms with van der Waals surface area (Å²) >= 11 is 0. The fraction of sp³-hybridized carbons (Fsp3) is 0.833. The molecule has 0 amide bonds. The number of hydrogen-bond donors (Lipinski definition) is 1. The lowest BCUT2D eigenvalue weighted by atomic mass is 9.74. The maximum Gasteiger partial charge on any atom is 0.392 e. The molecule has 1 heterocycles. The molecule has 0 bridgehead atoms. The van der Waals surface area contributed by atoms with Crippen LogP contribution in [0.5, 0.6) is 0 Å². The van der Waals surface area contributed by atoms with Gasteiger partial charge >= 0.3 is 6.18 Å². The molecule has 2 rings (SSSR count). The predicted molar refractivity (Wildman–Crippen MR) is 64.2 cm³/mol. The number of nitrogens with zero attached hydrogens (tertiary/aromatic N) is 3. The average molecular weight is 276 g/mol. The number of halogens is 3. The number of alkyl halides is 3. The Labute approximate surface area is 110 Å². The van der Waals surface area contributed by atoms with Crippen LogP contribution in [0.2, 0.25) is 0 Å². The van der Waals surface area contributed by atoms with E-state index < -0.39 is 24.1 Å². The average Bonchev–Trinajstić information content (AvgIpc) is 2.73. The normalized spacial score (nSPS) is 26.4. The zero-order chi connectivity index (χ0) is 14.0. The molecule has 4 nitrogen and oxygen atoms in total. The van der Waals surface area contributed by atoms with Gasteiger partial charge in [-0.1, -0.05) is 18.1 Å². The minimum atomic E-state index is -4.15. The SMILES string of the molecule is Cn1cc(CC(N)C2CCCCC2C(F)(F)F)nn1. The molecule has 7 heteroatoms. The summed E-state index contributed by atoms with van der Waals surface area (Å²) in [5, 5.41) is 7.66. The first-order valence-electron chi connectivity index (χ1n) is 6.55. The first-order valence-corrected chi connectivity index (χ1v) is 6.55. The maximum atomic E-state index is 13.0. The molecule has 1 aliphatic carbocycles. The van der Waals surface area contributed by atoms with Crippen LogP contribution in [0.1, 0.15) is 31.4 Å². The number of hydrogen-bond acceptors (Lipinski definition) is 3. The monoisotopic (exact) mass is 276 g/mol. The van der Waals surface area contributed by atoms with Gasteiger partial charge in [0.15, 0.2) is 0 Å². The first-order chi connectivity index (χ1) is 8.88. The Morgan fingerprint density at radius 2 is 2.11 bits per heavy atom. The van der Waals surface area contributed by atoms with E-state index in [1.54, 1.807) is 13.2 Å². The van der Waals surface area contributed by atoms with E-state index in [0.717, 1.165) is 6.42 Å². The fourth-order valence-corrected chi connectivity index (χ4v) is 2.96. The number of rotatable bonds is 3. The van der Waals surface area contributed by atoms with E-state index in [0.29, 0.717) is 25.0 Å². The molecule has 1 aliphatic rings. The molecule has 19 heavy (non-hydrogen) atoms. The van der Waals surface area contributed by atoms with Gasteiger partial charge in [0.05, 0.1) is 11.6 Å². The van der Waals surface area contributed by atoms with Crippen LogP contribution in [0, 0.1) is 11.8 Å². The Morgan fingerprint density at radius 3 is 2.68 bits per heavy atom. The second kappa shape index (κ2) is 5.48. The zero-order valence-corrected chi connectivity index (χ0v) is 10.9. The highest BCUT2D eigenvalue weighted by molar-refractivity contribution is 4.98. The third-order valence-corrected chi connectivity index (χ3v) is 3.88. The van der Waals surface area contributed by atoms with Crippen molar-refractivity contribution in [2.45, 2.75) is 44.3 Å². The highest BCUT2D eigenvalue weighted by Gasteiger charge is 2.47. The Balaban J connectivity index is 2.05. The molecule has 0 radical (unpaired) electrons. The van der Waals surface area contributed by atoms with Crippen molar-refractivity contribution in [2.24, 2.45) is 24.6 Å². The van der Waals surface area contributed by atoms with Crippen LogP contribution in [0.25, 0.3) is 0 Å². The van der Waals surface area contributed by atoms with Crippen molar-refractivity contribution in [3.63, 3.8) is 0 Å². The second-order valence-electron chi connectivity index (χ2n) is 5.35. The third-order valence-electron chi connectivity index (χ3n) is 3.88. The summed E-state index contributed by atoms with van der Waals surface area (Å²) in [4.78, 5) is 0. The Morgan fingerprint density at radius 1 is 1.42 bits per heavy atom. The Hall–Kier alpha value is -1.11. The molecule has 108 valence electrons. The number of aryl methyl sites for hydroxylation is 1. The van der Waals surface area contributed by atoms with Crippen LogP contribution in [0.3, 0.4) is 0 Å². The molecule has 2 N–H and O–H groups in total. The van der Waals surface area contributed by atoms with Crippen molar-refractivity contribution in [2.75, 3.05) is 0 Å². The van der Waals surface area contributed by atoms with Gasteiger partial charge in [-0.25, -0.2) is 0 Å². The van der Waals surface area contributed by atoms with Crippen molar-refractivity contribution >= 4 is 0 Å². The Bertz CT molecular complexity index is 415. The lowest BCUT2D eigenvalue weighted by Gasteiger charge is -2.36. The van der Waals surface area contributed by atoms with E-state index in [-0.39, 0.29) is 6.42 Å². The zero-order valence-electron chi connectivity index (χ0n) is 10.9. The fourth-order valence-electron chi connectivity index (χ4n) is 2.96. The minimum Gasteiger partial charge on any atom is -0.327 e. The van der Waals surface area contributed by atoms with Crippen molar-refractivity contribution in [1.82, 2.24) is 15.0 Å². The lowest BCUT2D eigenvalue weighted by molar-refractivity contribution is -0.198. The van der Waals surface area contributed by atoms with Crippen LogP contribution in [0.4, 0.5) is 13.2 Å². The molecule has 1 saturated carbocycles. The lowest BCUT2D eigenvalue weighted by Crippen LogP contribution is -2.44. The molecule has 1 aromatic heterocycles. The maximum absolute atomic E-state index is 13.0. The van der Waals surface area contributed by atoms with Crippen LogP contribution in [-0.4, -0.2) is 27.2 Å². The van der Waals surface area contributed by atoms with E-state index in [2.05, 4.69) is 10.3 Å². The molecule has 1 fully saturated rings. The molecule has 0 spiro atoms. The van der Waals surface area contributed by atoms with Gasteiger partial charge in [0.1, 0.15) is 0 Å². The molecule has 1 aromatic rings. The van der Waals surface area contributed by atoms with Crippen LogP contribution in [0.15, 0.2) is 6.20 Å². The van der Waals surface area contributed by atoms with Gasteiger partial charge in [0.2, 0.25) is 0 Å². The van der Waals surface area contributed by atoms with Crippen molar-refractivity contribution in [1.29, 1.82) is 0 Å². The van der Waals surface area contributed by atoms with E-state index in [1.807, 2.05) is 0 Å². The van der Waals surface area contributed by atoms with Gasteiger partial charge in [-0.05, 0) is 18.8 Å². The van der Waals surface area contributed by atoms with Gasteiger partial charge in [0, 0.05) is 25.7 Å². The van der Waals surface area contributed by atoms with Gasteiger partial charge < -0.3 is 5.73 Å². The van der Waals surface area contributed by atoms with E-state index in [4.69, 9.17) is 5.73 Å². The van der Waals surface area contributed by atoms with Crippen molar-refractivity contribution in [3.8, 4) is 0 Å². The van der Waals surface area contributed by atoms with Crippen molar-refractivity contribution < 1.29 is 13.2 Å². The molecule has 0 saturated heterocycles. The van der Waals surface area contributed by atoms with E-state index in [1.165, 1.54) is 4.68 Å². The number of nitrogens with two attached hydrogens (primary N) is 1. The summed E-state index contributed by atoms with van der Waals surface area (Å²) in [7, 11) is 1.72. The quantitative estimate of drug-likeness (QED) is 0.919. The van der Waals surface area contributed by atoms with Gasteiger partial charge in [-0.3, -0.25) is 4.68 Å². The van der Waals surface area contributed by atoms with E-state index >= 15 is 0 Å². The summed E-state index contributed by atoms with van der Waals surface area (Å²) in [6, 6.07) is -0.511. The first kappa shape index (κ1) is 14.3. The summed E-state index contributed by atoms with van der Waals surface area (Å²) < 4.78 is 40.6. The molecular formula is C12H19F3N4. The highest BCUT2D eigenvalue weighted by Crippen LogP contribution is 2.42. The van der Waals surface area contributed by atoms with Crippen LogP contribution >= 0.6 is 0 Å². The summed E-state index contributed by atoms with van der Waals surface area (Å²) in [6.45, 7) is 0. The van der Waals surface area contributed by atoms with Crippen molar-refractivity contribution in [3.05, 3.63) is 11.9 Å². The van der Waals surface area contributed by atoms with E-state index in [9.17, 15) is 13.2 Å². The summed E-state index contributed by atoms with van der Waals surface area (Å²) in [5.74, 6) is -1.77. The summed E-state index contributed by atoms with van der Waals surface area (Å²) in [5.41, 5.74) is 6.65. The topological polar surface area (TPSA) is 56.7 Å². The molecule has 3 atom stereocenters. The van der Waals surface area contributed by atoms with Crippen LogP contribution in [-0.2, 0) is 13.5 Å². The van der Waals surface area contributed by atoms with Gasteiger partial charge in [0.25, 0.3) is 0 Å². The Kier molecular flexibility index (Phi) is 4.13. The largest absolute Gasteiger partial charge is 0.392 e. The predicted octanol–water partition coefficient (Wildman–Crippen LogP) is 2.05. The molecule has 3 unspecified atom stereocenters. The minimum absolute atomic E-state index is 0.197. The third kappa shape index (κ3) is 3.46.